The van der Waals surface area contributed by atoms with Crippen molar-refractivity contribution in [1.82, 2.24) is 0 Å². The Morgan fingerprint density at radius 3 is 2.31 bits per heavy atom. The molecule has 1 unspecified atom stereocenters. The maximum atomic E-state index is 13.3. The number of nitrogens with zero attached hydrogens (tertiary/aromatic N) is 2. The number of anilines is 1. The van der Waals surface area contributed by atoms with Crippen molar-refractivity contribution < 1.29 is 18.9 Å². The summed E-state index contributed by atoms with van der Waals surface area (Å²) in [6, 6.07) is 17.4. The number of Topliss-reactive ketones (excluding diaryl/α,β-unsaturated/α-hetero) is 1. The molecule has 7 heteroatoms. The SMILES string of the molecule is O=C(CC1c2ccccc2C(=O)N1c1ccc(F)cc1)c1ccc([N+](=O)[O-])cc1. The van der Waals surface area contributed by atoms with Crippen molar-refractivity contribution in [2.75, 3.05) is 4.90 Å². The Balaban J connectivity index is 1.68. The number of hydrogen-bond acceptors (Lipinski definition) is 4. The van der Waals surface area contributed by atoms with Gasteiger partial charge in [0.2, 0.25) is 0 Å². The number of amides is 1. The lowest BCUT2D eigenvalue weighted by atomic mass is 9.97. The van der Waals surface area contributed by atoms with E-state index in [0.29, 0.717) is 16.8 Å². The molecule has 1 aliphatic rings. The molecule has 3 aromatic carbocycles. The molecular weight excluding hydrogens is 375 g/mol. The Labute approximate surface area is 165 Å². The van der Waals surface area contributed by atoms with Crippen molar-refractivity contribution in [3.63, 3.8) is 0 Å². The lowest BCUT2D eigenvalue weighted by Crippen LogP contribution is -2.29. The minimum Gasteiger partial charge on any atom is -0.300 e. The van der Waals surface area contributed by atoms with Gasteiger partial charge < -0.3 is 4.90 Å². The van der Waals surface area contributed by atoms with E-state index in [-0.39, 0.29) is 23.8 Å². The summed E-state index contributed by atoms with van der Waals surface area (Å²) < 4.78 is 13.3. The van der Waals surface area contributed by atoms with Crippen molar-refractivity contribution in [1.29, 1.82) is 0 Å². The summed E-state index contributed by atoms with van der Waals surface area (Å²) in [6.45, 7) is 0. The second-order valence-electron chi connectivity index (χ2n) is 6.69. The van der Waals surface area contributed by atoms with Gasteiger partial charge in [-0.2, -0.15) is 0 Å². The fourth-order valence-corrected chi connectivity index (χ4v) is 3.56. The van der Waals surface area contributed by atoms with Crippen LogP contribution >= 0.6 is 0 Å². The van der Waals surface area contributed by atoms with Crippen LogP contribution in [0.4, 0.5) is 15.8 Å². The number of non-ortho nitro benzene ring substituents is 1. The van der Waals surface area contributed by atoms with E-state index in [9.17, 15) is 24.1 Å². The van der Waals surface area contributed by atoms with Crippen LogP contribution < -0.4 is 4.90 Å². The summed E-state index contributed by atoms with van der Waals surface area (Å²) in [5.41, 5.74) is 1.94. The zero-order chi connectivity index (χ0) is 20.5. The van der Waals surface area contributed by atoms with E-state index in [2.05, 4.69) is 0 Å². The van der Waals surface area contributed by atoms with Crippen molar-refractivity contribution in [2.24, 2.45) is 0 Å². The molecule has 0 fully saturated rings. The Hall–Kier alpha value is -3.87. The maximum Gasteiger partial charge on any atom is 0.269 e. The Morgan fingerprint density at radius 2 is 1.66 bits per heavy atom. The van der Waals surface area contributed by atoms with E-state index in [0.717, 1.165) is 5.56 Å². The van der Waals surface area contributed by atoms with Gasteiger partial charge in [-0.15, -0.1) is 0 Å². The smallest absolute Gasteiger partial charge is 0.269 e. The molecule has 0 saturated heterocycles. The fraction of sp³-hybridized carbons (Fsp3) is 0.0909. The minimum atomic E-state index is -0.549. The summed E-state index contributed by atoms with van der Waals surface area (Å²) in [5.74, 6) is -0.924. The number of hydrogen-bond donors (Lipinski definition) is 0. The zero-order valence-corrected chi connectivity index (χ0v) is 15.1. The number of nitro groups is 1. The van der Waals surface area contributed by atoms with Gasteiger partial charge in [-0.1, -0.05) is 18.2 Å². The minimum absolute atomic E-state index is 0.00204. The largest absolute Gasteiger partial charge is 0.300 e. The second kappa shape index (κ2) is 7.27. The maximum absolute atomic E-state index is 13.3. The first-order valence-electron chi connectivity index (χ1n) is 8.91. The van der Waals surface area contributed by atoms with Crippen LogP contribution in [0.2, 0.25) is 0 Å². The lowest BCUT2D eigenvalue weighted by molar-refractivity contribution is -0.384. The molecule has 4 rings (SSSR count). The summed E-state index contributed by atoms with van der Waals surface area (Å²) in [7, 11) is 0. The quantitative estimate of drug-likeness (QED) is 0.359. The van der Waals surface area contributed by atoms with E-state index >= 15 is 0 Å². The van der Waals surface area contributed by atoms with Gasteiger partial charge in [0.05, 0.1) is 11.0 Å². The normalized spacial score (nSPS) is 15.3. The van der Waals surface area contributed by atoms with Gasteiger partial charge in [-0.25, -0.2) is 4.39 Å². The van der Waals surface area contributed by atoms with Gasteiger partial charge in [-0.3, -0.25) is 19.7 Å². The zero-order valence-electron chi connectivity index (χ0n) is 15.1. The molecule has 1 amide bonds. The average Bonchev–Trinajstić information content (AvgIpc) is 3.01. The third kappa shape index (κ3) is 3.38. The van der Waals surface area contributed by atoms with Crippen molar-refractivity contribution in [3.8, 4) is 0 Å². The van der Waals surface area contributed by atoms with Gasteiger partial charge in [0.1, 0.15) is 5.82 Å². The summed E-state index contributed by atoms with van der Waals surface area (Å²) in [5, 5.41) is 10.8. The highest BCUT2D eigenvalue weighted by molar-refractivity contribution is 6.12. The van der Waals surface area contributed by atoms with E-state index in [1.807, 2.05) is 0 Å². The van der Waals surface area contributed by atoms with E-state index in [1.165, 1.54) is 53.4 Å². The van der Waals surface area contributed by atoms with Crippen LogP contribution in [0, 0.1) is 15.9 Å². The molecule has 1 heterocycles. The van der Waals surface area contributed by atoms with Gasteiger partial charge in [0, 0.05) is 35.4 Å². The molecule has 6 nitrogen and oxygen atoms in total. The lowest BCUT2D eigenvalue weighted by Gasteiger charge is -2.25. The van der Waals surface area contributed by atoms with Crippen LogP contribution in [0.1, 0.15) is 38.7 Å². The summed E-state index contributed by atoms with van der Waals surface area (Å²) in [6.07, 6.45) is -0.00204. The van der Waals surface area contributed by atoms with Crippen molar-refractivity contribution >= 4 is 23.1 Å². The van der Waals surface area contributed by atoms with E-state index < -0.39 is 16.8 Å². The first kappa shape index (κ1) is 18.5. The number of fused-ring (bicyclic) bond motifs is 1. The highest BCUT2D eigenvalue weighted by Crippen LogP contribution is 2.40. The Morgan fingerprint density at radius 1 is 1.00 bits per heavy atom. The van der Waals surface area contributed by atoms with Crippen molar-refractivity contribution in [3.05, 3.63) is 105 Å². The number of benzene rings is 3. The van der Waals surface area contributed by atoms with E-state index in [4.69, 9.17) is 0 Å². The van der Waals surface area contributed by atoms with Crippen LogP contribution in [-0.2, 0) is 0 Å². The number of ketones is 1. The van der Waals surface area contributed by atoms with Crippen LogP contribution in [0.25, 0.3) is 0 Å². The molecule has 0 aromatic heterocycles. The van der Waals surface area contributed by atoms with Crippen LogP contribution in [0.3, 0.4) is 0 Å². The standard InChI is InChI=1S/C22H15FN2O4/c23-15-7-11-16(12-8-15)24-20(18-3-1-2-4-19(18)22(24)27)13-21(26)14-5-9-17(10-6-14)25(28)29/h1-12,20H,13H2. The molecule has 0 bridgehead atoms. The second-order valence-corrected chi connectivity index (χ2v) is 6.69. The topological polar surface area (TPSA) is 80.5 Å². The highest BCUT2D eigenvalue weighted by atomic mass is 19.1. The number of carbonyl (C=O) groups excluding carboxylic acids is 2. The fourth-order valence-electron chi connectivity index (χ4n) is 3.56. The predicted octanol–water partition coefficient (Wildman–Crippen LogP) is 4.71. The Bertz CT molecular complexity index is 1110. The molecule has 0 radical (unpaired) electrons. The number of nitro benzene ring substituents is 1. The molecule has 144 valence electrons. The summed E-state index contributed by atoms with van der Waals surface area (Å²) in [4.78, 5) is 37.6. The molecule has 0 spiro atoms. The predicted molar refractivity (Wildman–Crippen MR) is 104 cm³/mol. The number of rotatable bonds is 5. The number of halogens is 1. The molecule has 29 heavy (non-hydrogen) atoms. The van der Waals surface area contributed by atoms with Crippen LogP contribution in [-0.4, -0.2) is 16.6 Å². The van der Waals surface area contributed by atoms with Gasteiger partial charge in [-0.05, 0) is 48.0 Å². The molecule has 0 N–H and O–H groups in total. The molecule has 0 aliphatic carbocycles. The molecule has 1 atom stereocenters. The first-order chi connectivity index (χ1) is 14.0. The molecule has 1 aliphatic heterocycles. The number of carbonyl (C=O) groups is 2. The average molecular weight is 390 g/mol. The van der Waals surface area contributed by atoms with Crippen molar-refractivity contribution in [2.45, 2.75) is 12.5 Å². The van der Waals surface area contributed by atoms with Gasteiger partial charge in [0.25, 0.3) is 11.6 Å². The third-order valence-electron chi connectivity index (χ3n) is 4.96. The Kier molecular flexibility index (Phi) is 4.64. The van der Waals surface area contributed by atoms with Gasteiger partial charge in [0.15, 0.2) is 5.78 Å². The van der Waals surface area contributed by atoms with Crippen LogP contribution in [0.15, 0.2) is 72.8 Å². The monoisotopic (exact) mass is 390 g/mol. The third-order valence-corrected chi connectivity index (χ3v) is 4.96. The highest BCUT2D eigenvalue weighted by Gasteiger charge is 2.38. The van der Waals surface area contributed by atoms with Crippen LogP contribution in [0.5, 0.6) is 0 Å². The van der Waals surface area contributed by atoms with Gasteiger partial charge >= 0.3 is 0 Å². The molecule has 0 saturated carbocycles. The first-order valence-corrected chi connectivity index (χ1v) is 8.91. The summed E-state index contributed by atoms with van der Waals surface area (Å²) >= 11 is 0. The molecule has 3 aromatic rings. The molecular formula is C22H15FN2O4. The van der Waals surface area contributed by atoms with E-state index in [1.54, 1.807) is 24.3 Å².